The van der Waals surface area contributed by atoms with Gasteiger partial charge in [-0.05, 0) is 42.3 Å². The monoisotopic (exact) mass is 336 g/mol. The molecule has 0 aliphatic rings. The van der Waals surface area contributed by atoms with E-state index in [4.69, 9.17) is 9.47 Å². The summed E-state index contributed by atoms with van der Waals surface area (Å²) in [5, 5.41) is 10.9. The van der Waals surface area contributed by atoms with Crippen LogP contribution in [0.5, 0.6) is 11.5 Å². The van der Waals surface area contributed by atoms with E-state index in [-0.39, 0.29) is 0 Å². The quantitative estimate of drug-likeness (QED) is 0.924. The zero-order valence-corrected chi connectivity index (χ0v) is 13.3. The maximum atomic E-state index is 10.9. The van der Waals surface area contributed by atoms with Crippen LogP contribution in [-0.4, -0.2) is 19.3 Å². The van der Waals surface area contributed by atoms with Gasteiger partial charge in [0.25, 0.3) is 0 Å². The summed E-state index contributed by atoms with van der Waals surface area (Å²) >= 11 is 3.42. The Labute approximate surface area is 127 Å². The van der Waals surface area contributed by atoms with Crippen LogP contribution < -0.4 is 9.47 Å². The predicted octanol–water partition coefficient (Wildman–Crippen LogP) is 3.72. The minimum Gasteiger partial charge on any atom is -0.497 e. The van der Waals surface area contributed by atoms with Gasteiger partial charge < -0.3 is 14.6 Å². The average Bonchev–Trinajstić information content (AvgIpc) is 2.46. The minimum absolute atomic E-state index is 0.648. The first-order chi connectivity index (χ1) is 9.47. The van der Waals surface area contributed by atoms with E-state index in [1.54, 1.807) is 27.2 Å². The van der Waals surface area contributed by atoms with Crippen molar-refractivity contribution in [2.45, 2.75) is 12.5 Å². The number of benzene rings is 2. The lowest BCUT2D eigenvalue weighted by Crippen LogP contribution is -2.22. The van der Waals surface area contributed by atoms with Crippen LogP contribution in [0.25, 0.3) is 0 Å². The first-order valence-electron chi connectivity index (χ1n) is 6.19. The predicted molar refractivity (Wildman–Crippen MR) is 82.4 cm³/mol. The van der Waals surface area contributed by atoms with E-state index < -0.39 is 5.60 Å². The number of hydrogen-bond donors (Lipinski definition) is 1. The van der Waals surface area contributed by atoms with Gasteiger partial charge in [0.2, 0.25) is 0 Å². The normalized spacial score (nSPS) is 13.7. The lowest BCUT2D eigenvalue weighted by Gasteiger charge is -2.25. The number of ether oxygens (including phenoxy) is 2. The number of hydrogen-bond acceptors (Lipinski definition) is 3. The molecule has 2 aromatic carbocycles. The van der Waals surface area contributed by atoms with Gasteiger partial charge in [0, 0.05) is 10.5 Å². The molecule has 0 aromatic heterocycles. The van der Waals surface area contributed by atoms with Gasteiger partial charge in [0.1, 0.15) is 17.1 Å². The first-order valence-corrected chi connectivity index (χ1v) is 6.98. The molecular weight excluding hydrogens is 320 g/mol. The molecule has 0 saturated carbocycles. The van der Waals surface area contributed by atoms with Crippen molar-refractivity contribution in [3.05, 3.63) is 58.1 Å². The molecule has 0 fully saturated rings. The SMILES string of the molecule is COc1cc(OC)cc(C(C)(O)c2cccc(Br)c2)c1. The Balaban J connectivity index is 2.53. The van der Waals surface area contributed by atoms with Gasteiger partial charge in [0.05, 0.1) is 14.2 Å². The lowest BCUT2D eigenvalue weighted by molar-refractivity contribution is 0.102. The van der Waals surface area contributed by atoms with Crippen LogP contribution in [0.2, 0.25) is 0 Å². The summed E-state index contributed by atoms with van der Waals surface area (Å²) in [4.78, 5) is 0. The number of methoxy groups -OCH3 is 2. The molecule has 0 spiro atoms. The largest absolute Gasteiger partial charge is 0.497 e. The lowest BCUT2D eigenvalue weighted by atomic mass is 9.88. The standard InChI is InChI=1S/C16H17BrO3/c1-16(18,11-5-4-6-13(17)7-11)12-8-14(19-2)10-15(9-12)20-3/h4-10,18H,1-3H3. The number of halogens is 1. The maximum Gasteiger partial charge on any atom is 0.122 e. The third-order valence-electron chi connectivity index (χ3n) is 3.30. The zero-order valence-electron chi connectivity index (χ0n) is 11.7. The summed E-state index contributed by atoms with van der Waals surface area (Å²) in [7, 11) is 3.18. The van der Waals surface area contributed by atoms with Crippen LogP contribution in [0.15, 0.2) is 46.9 Å². The van der Waals surface area contributed by atoms with Crippen LogP contribution in [0.1, 0.15) is 18.1 Å². The molecule has 0 heterocycles. The highest BCUT2D eigenvalue weighted by atomic mass is 79.9. The summed E-state index contributed by atoms with van der Waals surface area (Å²) < 4.78 is 11.4. The Morgan fingerprint density at radius 1 is 0.950 bits per heavy atom. The van der Waals surface area contributed by atoms with E-state index in [1.165, 1.54) is 0 Å². The van der Waals surface area contributed by atoms with Crippen molar-refractivity contribution in [1.29, 1.82) is 0 Å². The summed E-state index contributed by atoms with van der Waals surface area (Å²) in [6.07, 6.45) is 0. The minimum atomic E-state index is -1.13. The molecule has 2 aromatic rings. The molecular formula is C16H17BrO3. The molecule has 0 saturated heterocycles. The van der Waals surface area contributed by atoms with Crippen LogP contribution in [0, 0.1) is 0 Å². The summed E-state index contributed by atoms with van der Waals surface area (Å²) in [5.74, 6) is 1.30. The highest BCUT2D eigenvalue weighted by Crippen LogP contribution is 2.35. The Morgan fingerprint density at radius 2 is 1.55 bits per heavy atom. The highest BCUT2D eigenvalue weighted by molar-refractivity contribution is 9.10. The van der Waals surface area contributed by atoms with Crippen LogP contribution >= 0.6 is 15.9 Å². The van der Waals surface area contributed by atoms with Crippen LogP contribution in [-0.2, 0) is 5.60 Å². The average molecular weight is 337 g/mol. The molecule has 0 aliphatic heterocycles. The van der Waals surface area contributed by atoms with Crippen molar-refractivity contribution in [3.8, 4) is 11.5 Å². The molecule has 1 N–H and O–H groups in total. The molecule has 20 heavy (non-hydrogen) atoms. The van der Waals surface area contributed by atoms with Gasteiger partial charge in [-0.3, -0.25) is 0 Å². The second kappa shape index (κ2) is 5.85. The van der Waals surface area contributed by atoms with Crippen molar-refractivity contribution in [2.24, 2.45) is 0 Å². The van der Waals surface area contributed by atoms with Gasteiger partial charge in [0.15, 0.2) is 0 Å². The van der Waals surface area contributed by atoms with Crippen molar-refractivity contribution >= 4 is 15.9 Å². The Hall–Kier alpha value is -1.52. The summed E-state index contributed by atoms with van der Waals surface area (Å²) in [5.41, 5.74) is 0.375. The molecule has 1 atom stereocenters. The van der Waals surface area contributed by atoms with E-state index in [2.05, 4.69) is 15.9 Å². The van der Waals surface area contributed by atoms with Crippen molar-refractivity contribution in [3.63, 3.8) is 0 Å². The third-order valence-corrected chi connectivity index (χ3v) is 3.79. The molecule has 4 heteroatoms. The van der Waals surface area contributed by atoms with E-state index in [0.717, 1.165) is 10.0 Å². The van der Waals surface area contributed by atoms with Crippen molar-refractivity contribution in [2.75, 3.05) is 14.2 Å². The number of aliphatic hydroxyl groups is 1. The topological polar surface area (TPSA) is 38.7 Å². The molecule has 0 radical (unpaired) electrons. The zero-order chi connectivity index (χ0) is 14.8. The van der Waals surface area contributed by atoms with Crippen molar-refractivity contribution < 1.29 is 14.6 Å². The van der Waals surface area contributed by atoms with Crippen molar-refractivity contribution in [1.82, 2.24) is 0 Å². The van der Waals surface area contributed by atoms with Gasteiger partial charge in [-0.2, -0.15) is 0 Å². The molecule has 3 nitrogen and oxygen atoms in total. The second-order valence-corrected chi connectivity index (χ2v) is 5.60. The van der Waals surface area contributed by atoms with E-state index >= 15 is 0 Å². The summed E-state index contributed by atoms with van der Waals surface area (Å²) in [6, 6.07) is 13.0. The van der Waals surface area contributed by atoms with Crippen LogP contribution in [0.3, 0.4) is 0 Å². The third kappa shape index (κ3) is 2.97. The maximum absolute atomic E-state index is 10.9. The molecule has 0 bridgehead atoms. The Morgan fingerprint density at radius 3 is 2.05 bits per heavy atom. The van der Waals surface area contributed by atoms with E-state index in [0.29, 0.717) is 17.1 Å². The fraction of sp³-hybridized carbons (Fsp3) is 0.250. The van der Waals surface area contributed by atoms with Crippen LogP contribution in [0.4, 0.5) is 0 Å². The van der Waals surface area contributed by atoms with E-state index in [1.807, 2.05) is 36.4 Å². The Bertz CT molecular complexity index is 586. The van der Waals surface area contributed by atoms with Gasteiger partial charge in [-0.15, -0.1) is 0 Å². The fourth-order valence-corrected chi connectivity index (χ4v) is 2.45. The van der Waals surface area contributed by atoms with E-state index in [9.17, 15) is 5.11 Å². The molecule has 0 aliphatic carbocycles. The van der Waals surface area contributed by atoms with Gasteiger partial charge in [-0.1, -0.05) is 28.1 Å². The molecule has 0 amide bonds. The summed E-state index contributed by atoms with van der Waals surface area (Å²) in [6.45, 7) is 1.75. The molecule has 2 rings (SSSR count). The van der Waals surface area contributed by atoms with Gasteiger partial charge in [-0.25, -0.2) is 0 Å². The first kappa shape index (κ1) is 14.9. The van der Waals surface area contributed by atoms with Gasteiger partial charge >= 0.3 is 0 Å². The highest BCUT2D eigenvalue weighted by Gasteiger charge is 2.27. The molecule has 1 unspecified atom stereocenters. The molecule has 106 valence electrons. The second-order valence-electron chi connectivity index (χ2n) is 4.68. The number of rotatable bonds is 4. The fourth-order valence-electron chi connectivity index (χ4n) is 2.05. The Kier molecular flexibility index (Phi) is 4.35. The smallest absolute Gasteiger partial charge is 0.122 e.